The summed E-state index contributed by atoms with van der Waals surface area (Å²) in [6.45, 7) is 3.44. The maximum Gasteiger partial charge on any atom is 0.180 e. The number of hydrogen-bond donors (Lipinski definition) is 2. The van der Waals surface area contributed by atoms with Gasteiger partial charge in [-0.3, -0.25) is 4.98 Å². The fraction of sp³-hybridized carbons (Fsp3) is 0.269. The summed E-state index contributed by atoms with van der Waals surface area (Å²) in [5.74, 6) is 1.11. The summed E-state index contributed by atoms with van der Waals surface area (Å²) in [6.07, 6.45) is 4.99. The van der Waals surface area contributed by atoms with Gasteiger partial charge in [-0.2, -0.15) is 0 Å². The van der Waals surface area contributed by atoms with Gasteiger partial charge in [0.1, 0.15) is 16.5 Å². The largest absolute Gasteiger partial charge is 0.367 e. The Bertz CT molecular complexity index is 1170. The molecule has 1 atom stereocenters. The van der Waals surface area contributed by atoms with Crippen molar-refractivity contribution in [3.05, 3.63) is 92.4 Å². The molecule has 0 unspecified atom stereocenters. The normalized spacial score (nSPS) is 12.0. The Balaban J connectivity index is 1.42. The van der Waals surface area contributed by atoms with E-state index < -0.39 is 0 Å². The molecule has 2 N–H and O–H groups in total. The van der Waals surface area contributed by atoms with Crippen molar-refractivity contribution < 1.29 is 0 Å². The molecule has 3 aromatic heterocycles. The van der Waals surface area contributed by atoms with Crippen LogP contribution in [0.15, 0.2) is 66.2 Å². The highest BCUT2D eigenvalue weighted by Gasteiger charge is 2.15. The number of unbranched alkanes of at least 4 members (excludes halogenated alkanes) is 1. The van der Waals surface area contributed by atoms with Crippen LogP contribution in [0, 0.1) is 6.92 Å². The van der Waals surface area contributed by atoms with E-state index in [1.54, 1.807) is 18.3 Å². The molecular weight excluding hydrogens is 485 g/mol. The molecule has 0 bridgehead atoms. The molecule has 0 spiro atoms. The second-order valence-corrected chi connectivity index (χ2v) is 9.84. The van der Waals surface area contributed by atoms with E-state index in [-0.39, 0.29) is 6.04 Å². The zero-order valence-corrected chi connectivity index (χ0v) is 21.3. The molecule has 0 radical (unpaired) electrons. The summed E-state index contributed by atoms with van der Waals surface area (Å²) in [6, 6.07) is 18.5. The summed E-state index contributed by atoms with van der Waals surface area (Å²) in [4.78, 5) is 14.9. The zero-order chi connectivity index (χ0) is 23.8. The maximum absolute atomic E-state index is 6.55. The van der Waals surface area contributed by atoms with Gasteiger partial charge in [-0.1, -0.05) is 59.6 Å². The summed E-state index contributed by atoms with van der Waals surface area (Å²) in [5.41, 5.74) is 2.56. The van der Waals surface area contributed by atoms with Gasteiger partial charge in [0.25, 0.3) is 0 Å². The third-order valence-electron chi connectivity index (χ3n) is 5.47. The molecule has 0 saturated heterocycles. The van der Waals surface area contributed by atoms with E-state index in [0.29, 0.717) is 39.6 Å². The summed E-state index contributed by atoms with van der Waals surface area (Å²) in [7, 11) is 0. The van der Waals surface area contributed by atoms with Crippen molar-refractivity contribution in [3.63, 3.8) is 0 Å². The molecular formula is C26H27Cl2N5S. The van der Waals surface area contributed by atoms with Crippen LogP contribution >= 0.6 is 34.5 Å². The van der Waals surface area contributed by atoms with Gasteiger partial charge in [0.05, 0.1) is 10.7 Å². The molecule has 1 aromatic carbocycles. The van der Waals surface area contributed by atoms with E-state index >= 15 is 0 Å². The molecule has 0 saturated carbocycles. The van der Waals surface area contributed by atoms with Crippen LogP contribution in [0.1, 0.15) is 35.0 Å². The number of nitrogens with zero attached hydrogens (tertiary/aromatic N) is 3. The number of nitrogens with one attached hydrogen (secondary N) is 2. The summed E-state index contributed by atoms with van der Waals surface area (Å²) >= 11 is 14.4. The predicted octanol–water partition coefficient (Wildman–Crippen LogP) is 6.98. The van der Waals surface area contributed by atoms with Crippen molar-refractivity contribution in [2.75, 3.05) is 18.4 Å². The molecule has 176 valence electrons. The number of aryl methyl sites for hydroxylation is 2. The maximum atomic E-state index is 6.55. The van der Waals surface area contributed by atoms with Crippen LogP contribution in [0.4, 0.5) is 5.82 Å². The lowest BCUT2D eigenvalue weighted by Crippen LogP contribution is -2.29. The lowest BCUT2D eigenvalue weighted by atomic mass is 10.1. The Morgan fingerprint density at radius 3 is 2.56 bits per heavy atom. The van der Waals surface area contributed by atoms with E-state index in [1.807, 2.05) is 24.3 Å². The van der Waals surface area contributed by atoms with Gasteiger partial charge in [-0.15, -0.1) is 11.3 Å². The third-order valence-corrected chi connectivity index (χ3v) is 7.08. The number of pyridine rings is 1. The van der Waals surface area contributed by atoms with E-state index in [4.69, 9.17) is 23.2 Å². The summed E-state index contributed by atoms with van der Waals surface area (Å²) in [5, 5.41) is 10.4. The molecule has 0 aliphatic carbocycles. The number of benzene rings is 1. The second kappa shape index (κ2) is 12.3. The fourth-order valence-corrected chi connectivity index (χ4v) is 4.66. The highest BCUT2D eigenvalue weighted by atomic mass is 35.5. The van der Waals surface area contributed by atoms with Crippen LogP contribution in [0.25, 0.3) is 11.5 Å². The van der Waals surface area contributed by atoms with Crippen molar-refractivity contribution in [1.29, 1.82) is 0 Å². The van der Waals surface area contributed by atoms with Crippen LogP contribution < -0.4 is 10.6 Å². The molecule has 0 fully saturated rings. The minimum absolute atomic E-state index is 0.117. The first-order valence-corrected chi connectivity index (χ1v) is 12.9. The first-order valence-electron chi connectivity index (χ1n) is 11.3. The highest BCUT2D eigenvalue weighted by Crippen LogP contribution is 2.27. The second-order valence-electron chi connectivity index (χ2n) is 7.99. The van der Waals surface area contributed by atoms with Crippen molar-refractivity contribution in [2.45, 2.75) is 32.2 Å². The van der Waals surface area contributed by atoms with Gasteiger partial charge in [0.2, 0.25) is 0 Å². The number of hydrogen-bond acceptors (Lipinski definition) is 6. The quantitative estimate of drug-likeness (QED) is 0.212. The Kier molecular flexibility index (Phi) is 8.88. The Hall–Kier alpha value is -2.51. The molecule has 0 aliphatic rings. The van der Waals surface area contributed by atoms with Gasteiger partial charge < -0.3 is 10.6 Å². The first kappa shape index (κ1) is 24.6. The molecule has 34 heavy (non-hydrogen) atoms. The summed E-state index contributed by atoms with van der Waals surface area (Å²) < 4.78 is 0. The van der Waals surface area contributed by atoms with Crippen LogP contribution in [-0.2, 0) is 6.42 Å². The average molecular weight is 513 g/mol. The number of aromatic nitrogens is 3. The van der Waals surface area contributed by atoms with Gasteiger partial charge in [0, 0.05) is 23.7 Å². The van der Waals surface area contributed by atoms with Crippen molar-refractivity contribution in [1.82, 2.24) is 20.3 Å². The van der Waals surface area contributed by atoms with E-state index in [1.165, 1.54) is 10.4 Å². The molecule has 0 amide bonds. The Labute approximate surface area is 214 Å². The monoisotopic (exact) mass is 511 g/mol. The van der Waals surface area contributed by atoms with Crippen molar-refractivity contribution >= 4 is 40.4 Å². The number of rotatable bonds is 11. The Morgan fingerprint density at radius 2 is 1.82 bits per heavy atom. The Morgan fingerprint density at radius 1 is 0.971 bits per heavy atom. The molecule has 4 rings (SSSR count). The van der Waals surface area contributed by atoms with Gasteiger partial charge >= 0.3 is 0 Å². The van der Waals surface area contributed by atoms with Crippen LogP contribution in [0.5, 0.6) is 0 Å². The van der Waals surface area contributed by atoms with Crippen LogP contribution in [-0.4, -0.2) is 28.0 Å². The first-order chi connectivity index (χ1) is 16.6. The zero-order valence-electron chi connectivity index (χ0n) is 19.0. The average Bonchev–Trinajstić information content (AvgIpc) is 3.38. The molecule has 0 aliphatic heterocycles. The van der Waals surface area contributed by atoms with Gasteiger partial charge in [-0.05, 0) is 61.9 Å². The predicted molar refractivity (Wildman–Crippen MR) is 143 cm³/mol. The molecule has 5 nitrogen and oxygen atoms in total. The number of halogens is 2. The lowest BCUT2D eigenvalue weighted by molar-refractivity contribution is 0.531. The van der Waals surface area contributed by atoms with Crippen molar-refractivity contribution in [2.24, 2.45) is 0 Å². The SMILES string of the molecule is Cc1nc(-c2ccc(Cl)cn2)nc(NC[C@H](NCCCCc2cccs2)c2ccccc2)c1Cl. The van der Waals surface area contributed by atoms with E-state index in [9.17, 15) is 0 Å². The van der Waals surface area contributed by atoms with E-state index in [0.717, 1.165) is 25.8 Å². The molecule has 3 heterocycles. The molecule has 8 heteroatoms. The number of thiophene rings is 1. The van der Waals surface area contributed by atoms with Crippen LogP contribution in [0.3, 0.4) is 0 Å². The topological polar surface area (TPSA) is 62.7 Å². The molecule has 4 aromatic rings. The van der Waals surface area contributed by atoms with E-state index in [2.05, 4.69) is 67.4 Å². The van der Waals surface area contributed by atoms with Gasteiger partial charge in [0.15, 0.2) is 5.82 Å². The standard InChI is InChI=1S/C26H27Cl2N5S/c1-18-24(28)26(33-25(32-18)22-13-12-20(27)16-30-22)31-17-23(19-8-3-2-4-9-19)29-14-6-5-10-21-11-7-15-34-21/h2-4,7-9,11-13,15-16,23,29H,5-6,10,14,17H2,1H3,(H,31,32,33)/t23-/m0/s1. The minimum Gasteiger partial charge on any atom is -0.367 e. The highest BCUT2D eigenvalue weighted by molar-refractivity contribution is 7.09. The van der Waals surface area contributed by atoms with Crippen LogP contribution in [0.2, 0.25) is 10.0 Å². The van der Waals surface area contributed by atoms with Crippen molar-refractivity contribution in [3.8, 4) is 11.5 Å². The lowest BCUT2D eigenvalue weighted by Gasteiger charge is -2.21. The smallest absolute Gasteiger partial charge is 0.180 e. The third kappa shape index (κ3) is 6.76. The fourth-order valence-electron chi connectivity index (χ4n) is 3.65. The number of anilines is 1. The minimum atomic E-state index is 0.117. The van der Waals surface area contributed by atoms with Gasteiger partial charge in [-0.25, -0.2) is 9.97 Å².